The zero-order chi connectivity index (χ0) is 16.2. The average Bonchev–Trinajstić information content (AvgIpc) is 3.04. The van der Waals surface area contributed by atoms with Crippen LogP contribution in [0.4, 0.5) is 10.5 Å². The van der Waals surface area contributed by atoms with Crippen LogP contribution in [0.25, 0.3) is 0 Å². The van der Waals surface area contributed by atoms with Crippen LogP contribution in [0.3, 0.4) is 0 Å². The minimum Gasteiger partial charge on any atom is -0.464 e. The van der Waals surface area contributed by atoms with Gasteiger partial charge in [-0.25, -0.2) is 4.79 Å². The summed E-state index contributed by atoms with van der Waals surface area (Å²) in [6, 6.07) is 7.14. The maximum absolute atomic E-state index is 12.6. The summed E-state index contributed by atoms with van der Waals surface area (Å²) in [5, 5.41) is 2.92. The number of hydrogen-bond donors (Lipinski definition) is 1. The molecule has 0 radical (unpaired) electrons. The molecule has 6 heteroatoms. The molecule has 1 saturated heterocycles. The number of amides is 2. The minimum absolute atomic E-state index is 0.154. The van der Waals surface area contributed by atoms with E-state index in [0.29, 0.717) is 19.8 Å². The molecule has 0 aliphatic carbocycles. The molecular formula is C17H21N3O3. The number of carbonyl (C=O) groups is 1. The molecule has 1 fully saturated rings. The molecule has 3 rings (SSSR count). The van der Waals surface area contributed by atoms with Crippen molar-refractivity contribution in [2.75, 3.05) is 25.1 Å². The van der Waals surface area contributed by atoms with E-state index in [1.807, 2.05) is 32.0 Å². The van der Waals surface area contributed by atoms with Crippen LogP contribution in [-0.4, -0.2) is 35.7 Å². The fourth-order valence-electron chi connectivity index (χ4n) is 2.66. The number of pyridine rings is 1. The van der Waals surface area contributed by atoms with E-state index in [1.165, 1.54) is 0 Å². The average molecular weight is 315 g/mol. The molecule has 1 aliphatic rings. The maximum Gasteiger partial charge on any atom is 0.322 e. The van der Waals surface area contributed by atoms with Gasteiger partial charge in [0.1, 0.15) is 17.6 Å². The Bertz CT molecular complexity index is 683. The third-order valence-electron chi connectivity index (χ3n) is 3.90. The maximum atomic E-state index is 12.6. The number of rotatable bonds is 3. The molecule has 0 spiro atoms. The highest BCUT2D eigenvalue weighted by molar-refractivity contribution is 5.89. The lowest BCUT2D eigenvalue weighted by atomic mass is 10.2. The van der Waals surface area contributed by atoms with Gasteiger partial charge < -0.3 is 19.4 Å². The molecule has 3 heterocycles. The SMILES string of the molecule is CCc1ccc(C2COCCN2C(=O)Nc2ccnc(C)c2)o1. The summed E-state index contributed by atoms with van der Waals surface area (Å²) in [6.07, 6.45) is 2.51. The van der Waals surface area contributed by atoms with Gasteiger partial charge in [0, 0.05) is 30.5 Å². The van der Waals surface area contributed by atoms with Crippen molar-refractivity contribution >= 4 is 11.7 Å². The molecule has 0 saturated carbocycles. The first-order valence-electron chi connectivity index (χ1n) is 7.84. The Labute approximate surface area is 135 Å². The molecule has 2 aromatic rings. The van der Waals surface area contributed by atoms with Gasteiger partial charge in [0.05, 0.1) is 13.2 Å². The van der Waals surface area contributed by atoms with Gasteiger partial charge in [-0.1, -0.05) is 6.92 Å². The zero-order valence-corrected chi connectivity index (χ0v) is 13.4. The van der Waals surface area contributed by atoms with Crippen molar-refractivity contribution in [3.05, 3.63) is 47.7 Å². The zero-order valence-electron chi connectivity index (χ0n) is 13.4. The lowest BCUT2D eigenvalue weighted by molar-refractivity contribution is 0.00702. The molecule has 2 aromatic heterocycles. The Kier molecular flexibility index (Phi) is 4.62. The molecule has 1 atom stereocenters. The summed E-state index contributed by atoms with van der Waals surface area (Å²) >= 11 is 0. The molecule has 2 amide bonds. The predicted molar refractivity (Wildman–Crippen MR) is 86.3 cm³/mol. The van der Waals surface area contributed by atoms with E-state index in [0.717, 1.165) is 29.3 Å². The number of carbonyl (C=O) groups excluding carboxylic acids is 1. The molecule has 0 bridgehead atoms. The lowest BCUT2D eigenvalue weighted by Gasteiger charge is -2.34. The first-order chi connectivity index (χ1) is 11.2. The van der Waals surface area contributed by atoms with E-state index >= 15 is 0 Å². The Hall–Kier alpha value is -2.34. The van der Waals surface area contributed by atoms with Gasteiger partial charge >= 0.3 is 6.03 Å². The van der Waals surface area contributed by atoms with Crippen LogP contribution < -0.4 is 5.32 Å². The van der Waals surface area contributed by atoms with E-state index < -0.39 is 0 Å². The second kappa shape index (κ2) is 6.83. The van der Waals surface area contributed by atoms with Crippen LogP contribution >= 0.6 is 0 Å². The molecule has 1 unspecified atom stereocenters. The predicted octanol–water partition coefficient (Wildman–Crippen LogP) is 3.15. The summed E-state index contributed by atoms with van der Waals surface area (Å²) in [6.45, 7) is 5.43. The summed E-state index contributed by atoms with van der Waals surface area (Å²) < 4.78 is 11.3. The van der Waals surface area contributed by atoms with Crippen molar-refractivity contribution in [3.63, 3.8) is 0 Å². The molecular weight excluding hydrogens is 294 g/mol. The number of aromatic nitrogens is 1. The summed E-state index contributed by atoms with van der Waals surface area (Å²) in [4.78, 5) is 18.5. The van der Waals surface area contributed by atoms with Crippen LogP contribution in [0.2, 0.25) is 0 Å². The molecule has 0 aromatic carbocycles. The highest BCUT2D eigenvalue weighted by Gasteiger charge is 2.31. The van der Waals surface area contributed by atoms with Gasteiger partial charge in [0.2, 0.25) is 0 Å². The quantitative estimate of drug-likeness (QED) is 0.945. The van der Waals surface area contributed by atoms with E-state index in [1.54, 1.807) is 17.2 Å². The molecule has 1 N–H and O–H groups in total. The number of hydrogen-bond acceptors (Lipinski definition) is 4. The van der Waals surface area contributed by atoms with Crippen LogP contribution in [-0.2, 0) is 11.2 Å². The second-order valence-corrected chi connectivity index (χ2v) is 5.56. The number of furan rings is 1. The number of morpholine rings is 1. The van der Waals surface area contributed by atoms with Crippen molar-refractivity contribution < 1.29 is 13.9 Å². The molecule has 23 heavy (non-hydrogen) atoms. The van der Waals surface area contributed by atoms with E-state index in [2.05, 4.69) is 10.3 Å². The minimum atomic E-state index is -0.202. The number of anilines is 1. The van der Waals surface area contributed by atoms with E-state index in [-0.39, 0.29) is 12.1 Å². The topological polar surface area (TPSA) is 67.6 Å². The first kappa shape index (κ1) is 15.6. The first-order valence-corrected chi connectivity index (χ1v) is 7.84. The highest BCUT2D eigenvalue weighted by atomic mass is 16.5. The largest absolute Gasteiger partial charge is 0.464 e. The van der Waals surface area contributed by atoms with Crippen molar-refractivity contribution in [1.29, 1.82) is 0 Å². The van der Waals surface area contributed by atoms with Gasteiger partial charge in [0.15, 0.2) is 0 Å². The Morgan fingerprint density at radius 1 is 1.43 bits per heavy atom. The van der Waals surface area contributed by atoms with E-state index in [4.69, 9.17) is 9.15 Å². The van der Waals surface area contributed by atoms with Gasteiger partial charge in [-0.2, -0.15) is 0 Å². The summed E-state index contributed by atoms with van der Waals surface area (Å²) in [5.41, 5.74) is 1.60. The van der Waals surface area contributed by atoms with Crippen molar-refractivity contribution in [2.45, 2.75) is 26.3 Å². The molecule has 6 nitrogen and oxygen atoms in total. The fourth-order valence-corrected chi connectivity index (χ4v) is 2.66. The normalized spacial score (nSPS) is 18.0. The standard InChI is InChI=1S/C17H21N3O3/c1-3-14-4-5-16(23-14)15-11-22-9-8-20(15)17(21)19-13-6-7-18-12(2)10-13/h4-7,10,15H,3,8-9,11H2,1-2H3,(H,18,19,21). The summed E-state index contributed by atoms with van der Waals surface area (Å²) in [7, 11) is 0. The fraction of sp³-hybridized carbons (Fsp3) is 0.412. The Morgan fingerprint density at radius 3 is 3.04 bits per heavy atom. The van der Waals surface area contributed by atoms with Gasteiger partial charge in [-0.3, -0.25) is 4.98 Å². The van der Waals surface area contributed by atoms with Crippen LogP contribution in [0.5, 0.6) is 0 Å². The number of nitrogens with one attached hydrogen (secondary N) is 1. The lowest BCUT2D eigenvalue weighted by Crippen LogP contribution is -2.45. The number of urea groups is 1. The van der Waals surface area contributed by atoms with Crippen molar-refractivity contribution in [2.24, 2.45) is 0 Å². The van der Waals surface area contributed by atoms with Crippen LogP contribution in [0, 0.1) is 6.92 Å². The van der Waals surface area contributed by atoms with Crippen LogP contribution in [0.15, 0.2) is 34.9 Å². The Balaban J connectivity index is 1.76. The smallest absolute Gasteiger partial charge is 0.322 e. The molecule has 1 aliphatic heterocycles. The monoisotopic (exact) mass is 315 g/mol. The molecule has 122 valence electrons. The van der Waals surface area contributed by atoms with Crippen LogP contribution in [0.1, 0.15) is 30.2 Å². The van der Waals surface area contributed by atoms with Crippen molar-refractivity contribution in [3.8, 4) is 0 Å². The third kappa shape index (κ3) is 3.53. The van der Waals surface area contributed by atoms with Gasteiger partial charge in [0.25, 0.3) is 0 Å². The highest BCUT2D eigenvalue weighted by Crippen LogP contribution is 2.27. The van der Waals surface area contributed by atoms with Gasteiger partial charge in [-0.15, -0.1) is 0 Å². The second-order valence-electron chi connectivity index (χ2n) is 5.56. The third-order valence-corrected chi connectivity index (χ3v) is 3.90. The van der Waals surface area contributed by atoms with E-state index in [9.17, 15) is 4.79 Å². The number of ether oxygens (including phenoxy) is 1. The Morgan fingerprint density at radius 2 is 2.30 bits per heavy atom. The number of aryl methyl sites for hydroxylation is 2. The number of nitrogens with zero attached hydrogens (tertiary/aromatic N) is 2. The summed E-state index contributed by atoms with van der Waals surface area (Å²) in [5.74, 6) is 1.68. The van der Waals surface area contributed by atoms with Gasteiger partial charge in [-0.05, 0) is 31.2 Å². The van der Waals surface area contributed by atoms with Crippen molar-refractivity contribution in [1.82, 2.24) is 9.88 Å².